The molecule has 0 aromatic carbocycles. The first-order valence-corrected chi connectivity index (χ1v) is 15.2. The van der Waals surface area contributed by atoms with Crippen LogP contribution in [-0.2, 0) is 8.23 Å². The molecular formula is C10H28O4Si3. The Labute approximate surface area is 108 Å². The Morgan fingerprint density at radius 2 is 1.00 bits per heavy atom. The van der Waals surface area contributed by atoms with Gasteiger partial charge in [0.25, 0.3) is 0 Å². The number of hydrogen-bond acceptors (Lipinski definition) is 4. The monoisotopic (exact) mass is 296 g/mol. The lowest BCUT2D eigenvalue weighted by molar-refractivity contribution is 0.301. The summed E-state index contributed by atoms with van der Waals surface area (Å²) in [6.07, 6.45) is 0. The number of rotatable bonds is 8. The van der Waals surface area contributed by atoms with Crippen LogP contribution >= 0.6 is 0 Å². The zero-order chi connectivity index (χ0) is 13.7. The molecule has 0 aliphatic rings. The first kappa shape index (κ1) is 17.5. The van der Waals surface area contributed by atoms with Crippen molar-refractivity contribution in [3.05, 3.63) is 0 Å². The van der Waals surface area contributed by atoms with Gasteiger partial charge in [0.1, 0.15) is 0 Å². The molecule has 0 aromatic rings. The highest BCUT2D eigenvalue weighted by molar-refractivity contribution is 6.87. The van der Waals surface area contributed by atoms with Crippen LogP contribution in [-0.4, -0.2) is 48.6 Å². The Kier molecular flexibility index (Phi) is 6.79. The predicted octanol–water partition coefficient (Wildman–Crippen LogP) is 2.12. The van der Waals surface area contributed by atoms with Crippen molar-refractivity contribution in [2.24, 2.45) is 0 Å². The van der Waals surface area contributed by atoms with Gasteiger partial charge in [0.2, 0.25) is 0 Å². The second-order valence-corrected chi connectivity index (χ2v) is 18.5. The van der Waals surface area contributed by atoms with E-state index >= 15 is 0 Å². The SMILES string of the molecule is C[Si](C)(CCO)O[Si](C)(C)O[Si](C)(C)CCO. The molecule has 0 aliphatic carbocycles. The van der Waals surface area contributed by atoms with Gasteiger partial charge in [0.15, 0.2) is 16.6 Å². The van der Waals surface area contributed by atoms with E-state index in [0.717, 1.165) is 12.1 Å². The summed E-state index contributed by atoms with van der Waals surface area (Å²) >= 11 is 0. The average molecular weight is 297 g/mol. The zero-order valence-electron chi connectivity index (χ0n) is 12.0. The molecule has 0 aromatic heterocycles. The molecule has 0 atom stereocenters. The van der Waals surface area contributed by atoms with E-state index in [2.05, 4.69) is 39.3 Å². The van der Waals surface area contributed by atoms with Gasteiger partial charge in [0, 0.05) is 13.2 Å². The van der Waals surface area contributed by atoms with Gasteiger partial charge in [-0.2, -0.15) is 0 Å². The van der Waals surface area contributed by atoms with Gasteiger partial charge in [0.05, 0.1) is 0 Å². The van der Waals surface area contributed by atoms with Crippen molar-refractivity contribution >= 4 is 25.2 Å². The Bertz CT molecular complexity index is 210. The molecule has 7 heteroatoms. The molecule has 0 rings (SSSR count). The highest BCUT2D eigenvalue weighted by Gasteiger charge is 2.39. The van der Waals surface area contributed by atoms with Gasteiger partial charge < -0.3 is 18.4 Å². The summed E-state index contributed by atoms with van der Waals surface area (Å²) in [5, 5.41) is 18.0. The molecule has 0 unspecified atom stereocenters. The van der Waals surface area contributed by atoms with Gasteiger partial charge in [-0.15, -0.1) is 0 Å². The lowest BCUT2D eigenvalue weighted by Gasteiger charge is -2.38. The molecule has 0 saturated heterocycles. The standard InChI is InChI=1S/C10H28O4Si3/c1-15(2,9-7-11)13-17(5,6)14-16(3,4)10-8-12/h11-12H,7-10H2,1-6H3. The minimum atomic E-state index is -2.15. The Morgan fingerprint density at radius 3 is 1.24 bits per heavy atom. The van der Waals surface area contributed by atoms with E-state index in [1.807, 2.05) is 0 Å². The molecular weight excluding hydrogens is 268 g/mol. The van der Waals surface area contributed by atoms with Gasteiger partial charge in [-0.25, -0.2) is 0 Å². The lowest BCUT2D eigenvalue weighted by atomic mass is 10.9. The molecule has 2 N–H and O–H groups in total. The number of aliphatic hydroxyl groups is 2. The third-order valence-corrected chi connectivity index (χ3v) is 13.7. The van der Waals surface area contributed by atoms with Crippen LogP contribution in [0.25, 0.3) is 0 Å². The van der Waals surface area contributed by atoms with Crippen LogP contribution in [0.5, 0.6) is 0 Å². The van der Waals surface area contributed by atoms with Crippen LogP contribution in [0, 0.1) is 0 Å². The predicted molar refractivity (Wildman–Crippen MR) is 78.4 cm³/mol. The molecule has 0 radical (unpaired) electrons. The molecule has 0 aliphatic heterocycles. The van der Waals surface area contributed by atoms with Gasteiger partial charge >= 0.3 is 8.56 Å². The first-order valence-electron chi connectivity index (χ1n) is 6.16. The molecule has 104 valence electrons. The van der Waals surface area contributed by atoms with E-state index in [1.165, 1.54) is 0 Å². The van der Waals surface area contributed by atoms with E-state index in [-0.39, 0.29) is 13.2 Å². The van der Waals surface area contributed by atoms with Crippen molar-refractivity contribution in [2.45, 2.75) is 51.4 Å². The molecule has 0 amide bonds. The molecule has 0 heterocycles. The van der Waals surface area contributed by atoms with Crippen molar-refractivity contribution < 1.29 is 18.4 Å². The summed E-state index contributed by atoms with van der Waals surface area (Å²) in [6.45, 7) is 12.9. The van der Waals surface area contributed by atoms with Crippen LogP contribution in [0.1, 0.15) is 0 Å². The Morgan fingerprint density at radius 1 is 0.706 bits per heavy atom. The molecule has 0 fully saturated rings. The number of hydrogen-bond donors (Lipinski definition) is 2. The van der Waals surface area contributed by atoms with Crippen LogP contribution in [0.15, 0.2) is 0 Å². The maximum Gasteiger partial charge on any atom is 0.311 e. The molecule has 17 heavy (non-hydrogen) atoms. The van der Waals surface area contributed by atoms with Crippen LogP contribution in [0.2, 0.25) is 51.4 Å². The maximum atomic E-state index is 9.02. The highest BCUT2D eigenvalue weighted by atomic mass is 28.5. The maximum absolute atomic E-state index is 9.02. The largest absolute Gasteiger partial charge is 0.436 e. The average Bonchev–Trinajstić information content (AvgIpc) is 1.96. The fraction of sp³-hybridized carbons (Fsp3) is 1.00. The van der Waals surface area contributed by atoms with E-state index < -0.39 is 25.2 Å². The first-order chi connectivity index (χ1) is 7.54. The van der Waals surface area contributed by atoms with Gasteiger partial charge in [-0.05, 0) is 51.4 Å². The zero-order valence-corrected chi connectivity index (χ0v) is 15.0. The van der Waals surface area contributed by atoms with E-state index in [4.69, 9.17) is 18.4 Å². The normalized spacial score (nSPS) is 14.1. The van der Waals surface area contributed by atoms with Crippen molar-refractivity contribution in [2.75, 3.05) is 13.2 Å². The quantitative estimate of drug-likeness (QED) is 0.674. The van der Waals surface area contributed by atoms with E-state index in [0.29, 0.717) is 0 Å². The third-order valence-electron chi connectivity index (χ3n) is 2.47. The van der Waals surface area contributed by atoms with E-state index in [9.17, 15) is 0 Å². The Balaban J connectivity index is 4.47. The molecule has 4 nitrogen and oxygen atoms in total. The minimum absolute atomic E-state index is 0.182. The smallest absolute Gasteiger partial charge is 0.311 e. The van der Waals surface area contributed by atoms with Gasteiger partial charge in [-0.1, -0.05) is 0 Å². The fourth-order valence-corrected chi connectivity index (χ4v) is 15.1. The highest BCUT2D eigenvalue weighted by Crippen LogP contribution is 2.24. The van der Waals surface area contributed by atoms with Crippen LogP contribution in [0.4, 0.5) is 0 Å². The second-order valence-electron chi connectivity index (χ2n) is 6.07. The summed E-state index contributed by atoms with van der Waals surface area (Å²) in [5.74, 6) is 0. The molecule has 0 spiro atoms. The Hall–Kier alpha value is 0.491. The minimum Gasteiger partial charge on any atom is -0.436 e. The molecule has 0 bridgehead atoms. The van der Waals surface area contributed by atoms with Crippen molar-refractivity contribution in [1.82, 2.24) is 0 Å². The summed E-state index contributed by atoms with van der Waals surface area (Å²) in [4.78, 5) is 0. The molecule has 0 saturated carbocycles. The lowest BCUT2D eigenvalue weighted by Crippen LogP contribution is -2.52. The third kappa shape index (κ3) is 8.25. The summed E-state index contributed by atoms with van der Waals surface area (Å²) < 4.78 is 12.4. The number of aliphatic hydroxyl groups excluding tert-OH is 2. The van der Waals surface area contributed by atoms with Gasteiger partial charge in [-0.3, -0.25) is 0 Å². The van der Waals surface area contributed by atoms with Crippen LogP contribution < -0.4 is 0 Å². The van der Waals surface area contributed by atoms with E-state index in [1.54, 1.807) is 0 Å². The summed E-state index contributed by atoms with van der Waals surface area (Å²) in [6, 6.07) is 1.49. The summed E-state index contributed by atoms with van der Waals surface area (Å²) in [5.41, 5.74) is 0. The van der Waals surface area contributed by atoms with Crippen LogP contribution in [0.3, 0.4) is 0 Å². The van der Waals surface area contributed by atoms with Crippen molar-refractivity contribution in [3.8, 4) is 0 Å². The van der Waals surface area contributed by atoms with Crippen molar-refractivity contribution in [1.29, 1.82) is 0 Å². The summed E-state index contributed by atoms with van der Waals surface area (Å²) in [7, 11) is -5.78. The van der Waals surface area contributed by atoms with Crippen molar-refractivity contribution in [3.63, 3.8) is 0 Å². The fourth-order valence-electron chi connectivity index (χ4n) is 1.99. The second kappa shape index (κ2) is 6.60. The topological polar surface area (TPSA) is 58.9 Å².